The summed E-state index contributed by atoms with van der Waals surface area (Å²) in [4.78, 5) is 18.9. The van der Waals surface area contributed by atoms with Gasteiger partial charge in [0.15, 0.2) is 0 Å². The second-order valence-corrected chi connectivity index (χ2v) is 7.98. The Morgan fingerprint density at radius 3 is 2.90 bits per heavy atom. The molecule has 0 spiro atoms. The molecule has 2 atom stereocenters. The van der Waals surface area contributed by atoms with Gasteiger partial charge in [-0.05, 0) is 43.0 Å². The summed E-state index contributed by atoms with van der Waals surface area (Å²) in [6.45, 7) is 5.09. The first-order valence-corrected chi connectivity index (χ1v) is 11.7. The molecule has 1 amide bonds. The van der Waals surface area contributed by atoms with E-state index >= 15 is 0 Å². The molecular weight excluding hydrogens is 414 g/mol. The van der Waals surface area contributed by atoms with Crippen molar-refractivity contribution in [2.75, 3.05) is 17.9 Å². The highest BCUT2D eigenvalue weighted by Gasteiger charge is 2.28. The van der Waals surface area contributed by atoms with E-state index in [0.717, 1.165) is 31.4 Å². The smallest absolute Gasteiger partial charge is 0.245 e. The number of hydrogen-bond acceptors (Lipinski definition) is 5. The predicted octanol–water partition coefficient (Wildman–Crippen LogP) is 2.82. The van der Waals surface area contributed by atoms with Crippen LogP contribution in [0.4, 0.5) is 5.69 Å². The summed E-state index contributed by atoms with van der Waals surface area (Å²) >= 11 is -1.58. The van der Waals surface area contributed by atoms with Crippen LogP contribution in [0.15, 0.2) is 47.1 Å². The third-order valence-corrected chi connectivity index (χ3v) is 5.87. The lowest BCUT2D eigenvalue weighted by atomic mass is 10.0. The fourth-order valence-electron chi connectivity index (χ4n) is 3.72. The number of anilines is 1. The molecule has 4 rings (SSSR count). The van der Waals surface area contributed by atoms with E-state index in [1.54, 1.807) is 18.5 Å². The van der Waals surface area contributed by atoms with Crippen LogP contribution in [0.25, 0.3) is 0 Å². The fraction of sp³-hybridized carbons (Fsp3) is 0.409. The number of aromatic nitrogens is 1. The van der Waals surface area contributed by atoms with Gasteiger partial charge in [-0.15, -0.1) is 0 Å². The topological polar surface area (TPSA) is 110 Å². The third kappa shape index (κ3) is 5.61. The molecule has 2 aliphatic heterocycles. The average molecular weight is 444 g/mol. The van der Waals surface area contributed by atoms with E-state index in [4.69, 9.17) is 10.5 Å². The summed E-state index contributed by atoms with van der Waals surface area (Å²) in [7, 11) is 0. The number of hydrogen-bond donors (Lipinski definition) is 2. The molecule has 1 aromatic carbocycles. The number of benzene rings is 1. The van der Waals surface area contributed by atoms with Crippen LogP contribution >= 0.6 is 0 Å². The number of piperidine rings is 1. The molecule has 3 N–H and O–H groups in total. The Hall–Kier alpha value is -2.94. The molecule has 1 fully saturated rings. The van der Waals surface area contributed by atoms with Gasteiger partial charge in [-0.25, -0.2) is 4.21 Å². The summed E-state index contributed by atoms with van der Waals surface area (Å²) in [6.07, 6.45) is 6.70. The number of likely N-dealkylation sites (tertiary alicyclic amines) is 1. The van der Waals surface area contributed by atoms with E-state index in [-0.39, 0.29) is 17.8 Å². The standard InChI is InChI=1S/C20H23N5O3S.C2H6/c21-20-19-16(23-29(27)24-20)7-3-8-17(19)28-13-15-6-1-2-10-25(15)18(26)11-14-5-4-9-22-12-14;1-2/h3-5,7-9,12,15,23H,1-2,6,10-11,13H2,(H2,21,24);1-2H3. The molecule has 1 aromatic heterocycles. The molecule has 8 nitrogen and oxygen atoms in total. The van der Waals surface area contributed by atoms with Crippen LogP contribution in [0.1, 0.15) is 44.2 Å². The minimum atomic E-state index is -1.58. The lowest BCUT2D eigenvalue weighted by Gasteiger charge is -2.36. The van der Waals surface area contributed by atoms with E-state index in [2.05, 4.69) is 14.1 Å². The Morgan fingerprint density at radius 2 is 2.13 bits per heavy atom. The SMILES string of the molecule is CC.NC1=NS(=O)Nc2cccc(OCC3CCCCN3C(=O)Cc3cccnc3)c21. The fourth-order valence-corrected chi connectivity index (χ4v) is 4.39. The number of carbonyl (C=O) groups excluding carboxylic acids is 1. The highest BCUT2D eigenvalue weighted by molar-refractivity contribution is 7.85. The minimum Gasteiger partial charge on any atom is -0.491 e. The molecule has 3 heterocycles. The van der Waals surface area contributed by atoms with Crippen molar-refractivity contribution < 1.29 is 13.7 Å². The van der Waals surface area contributed by atoms with Crippen molar-refractivity contribution in [1.29, 1.82) is 0 Å². The molecular formula is C22H29N5O3S. The maximum atomic E-state index is 12.9. The van der Waals surface area contributed by atoms with E-state index in [1.165, 1.54) is 0 Å². The molecule has 2 aromatic rings. The highest BCUT2D eigenvalue weighted by Crippen LogP contribution is 2.30. The first kappa shape index (κ1) is 22.7. The van der Waals surface area contributed by atoms with Gasteiger partial charge in [0.2, 0.25) is 17.1 Å². The number of carbonyl (C=O) groups is 1. The van der Waals surface area contributed by atoms with Gasteiger partial charge in [0, 0.05) is 18.9 Å². The summed E-state index contributed by atoms with van der Waals surface area (Å²) < 4.78 is 24.4. The molecule has 166 valence electrons. The maximum absolute atomic E-state index is 12.9. The van der Waals surface area contributed by atoms with Crippen LogP contribution in [-0.4, -0.2) is 45.0 Å². The van der Waals surface area contributed by atoms with Gasteiger partial charge in [0.05, 0.1) is 23.7 Å². The second-order valence-electron chi connectivity index (χ2n) is 7.09. The number of nitrogens with zero attached hydrogens (tertiary/aromatic N) is 3. The molecule has 0 saturated carbocycles. The van der Waals surface area contributed by atoms with Crippen LogP contribution < -0.4 is 15.2 Å². The van der Waals surface area contributed by atoms with Gasteiger partial charge >= 0.3 is 0 Å². The van der Waals surface area contributed by atoms with E-state index in [9.17, 15) is 9.00 Å². The number of amides is 1. The van der Waals surface area contributed by atoms with Crippen molar-refractivity contribution in [3.63, 3.8) is 0 Å². The van der Waals surface area contributed by atoms with Gasteiger partial charge in [-0.1, -0.05) is 26.0 Å². The van der Waals surface area contributed by atoms with Gasteiger partial charge in [-0.2, -0.15) is 4.40 Å². The minimum absolute atomic E-state index is 0.00683. The molecule has 2 unspecified atom stereocenters. The molecule has 0 radical (unpaired) electrons. The zero-order valence-corrected chi connectivity index (χ0v) is 18.7. The van der Waals surface area contributed by atoms with Crippen LogP contribution in [0.3, 0.4) is 0 Å². The van der Waals surface area contributed by atoms with Gasteiger partial charge in [0.1, 0.15) is 18.2 Å². The van der Waals surface area contributed by atoms with Crippen molar-refractivity contribution in [2.24, 2.45) is 10.1 Å². The Morgan fingerprint density at radius 1 is 1.29 bits per heavy atom. The van der Waals surface area contributed by atoms with Gasteiger partial charge < -0.3 is 15.4 Å². The van der Waals surface area contributed by atoms with Crippen molar-refractivity contribution in [3.05, 3.63) is 53.9 Å². The quantitative estimate of drug-likeness (QED) is 0.738. The number of nitrogens with one attached hydrogen (secondary N) is 1. The lowest BCUT2D eigenvalue weighted by molar-refractivity contribution is -0.134. The van der Waals surface area contributed by atoms with Crippen molar-refractivity contribution in [1.82, 2.24) is 9.88 Å². The van der Waals surface area contributed by atoms with Crippen LogP contribution in [-0.2, 0) is 22.4 Å². The number of amidine groups is 1. The summed E-state index contributed by atoms with van der Waals surface area (Å²) in [6, 6.07) is 9.14. The van der Waals surface area contributed by atoms with Crippen LogP contribution in [0.2, 0.25) is 0 Å². The average Bonchev–Trinajstić information content (AvgIpc) is 2.79. The summed E-state index contributed by atoms with van der Waals surface area (Å²) in [5, 5.41) is 0. The zero-order valence-electron chi connectivity index (χ0n) is 17.9. The van der Waals surface area contributed by atoms with Crippen LogP contribution in [0.5, 0.6) is 5.75 Å². The number of fused-ring (bicyclic) bond motifs is 1. The zero-order chi connectivity index (χ0) is 22.2. The number of ether oxygens (including phenoxy) is 1. The molecule has 2 aliphatic rings. The number of rotatable bonds is 5. The van der Waals surface area contributed by atoms with Gasteiger partial charge in [0.25, 0.3) is 0 Å². The summed E-state index contributed by atoms with van der Waals surface area (Å²) in [5.41, 5.74) is 8.11. The van der Waals surface area contributed by atoms with Crippen molar-refractivity contribution in [3.8, 4) is 5.75 Å². The number of pyridine rings is 1. The molecule has 0 bridgehead atoms. The largest absolute Gasteiger partial charge is 0.491 e. The van der Waals surface area contributed by atoms with Crippen molar-refractivity contribution >= 4 is 28.6 Å². The molecule has 0 aliphatic carbocycles. The Labute approximate surface area is 185 Å². The Bertz CT molecular complexity index is 951. The monoisotopic (exact) mass is 443 g/mol. The lowest BCUT2D eigenvalue weighted by Crippen LogP contribution is -2.47. The first-order valence-electron chi connectivity index (χ1n) is 10.6. The second kappa shape index (κ2) is 10.9. The maximum Gasteiger partial charge on any atom is 0.245 e. The Balaban J connectivity index is 0.00000132. The normalized spacial score (nSPS) is 19.8. The Kier molecular flexibility index (Phi) is 8.00. The molecule has 9 heteroatoms. The van der Waals surface area contributed by atoms with Crippen LogP contribution in [0, 0.1) is 0 Å². The van der Waals surface area contributed by atoms with E-state index < -0.39 is 11.2 Å². The number of nitrogens with two attached hydrogens (primary N) is 1. The van der Waals surface area contributed by atoms with Crippen molar-refractivity contribution in [2.45, 2.75) is 45.6 Å². The molecule has 31 heavy (non-hydrogen) atoms. The third-order valence-electron chi connectivity index (χ3n) is 5.12. The predicted molar refractivity (Wildman–Crippen MR) is 123 cm³/mol. The first-order chi connectivity index (χ1) is 15.1. The van der Waals surface area contributed by atoms with E-state index in [1.807, 2.05) is 43.0 Å². The molecule has 1 saturated heterocycles. The highest BCUT2D eigenvalue weighted by atomic mass is 32.2. The summed E-state index contributed by atoms with van der Waals surface area (Å²) in [5.74, 6) is 0.832. The van der Waals surface area contributed by atoms with E-state index in [0.29, 0.717) is 30.0 Å². The van der Waals surface area contributed by atoms with Gasteiger partial charge in [-0.3, -0.25) is 14.5 Å².